The average Bonchev–Trinajstić information content (AvgIpc) is 2.97. The summed E-state index contributed by atoms with van der Waals surface area (Å²) in [5.74, 6) is -0.263. The second-order valence-electron chi connectivity index (χ2n) is 7.92. The molecule has 2 aromatic heterocycles. The van der Waals surface area contributed by atoms with E-state index in [1.807, 2.05) is 30.7 Å². The zero-order chi connectivity index (χ0) is 21.3. The first-order chi connectivity index (χ1) is 13.7. The third kappa shape index (κ3) is 4.06. The highest BCUT2D eigenvalue weighted by Gasteiger charge is 2.19. The van der Waals surface area contributed by atoms with Crippen molar-refractivity contribution in [3.63, 3.8) is 0 Å². The molecule has 0 aliphatic heterocycles. The summed E-state index contributed by atoms with van der Waals surface area (Å²) in [5.41, 5.74) is 4.39. The summed E-state index contributed by atoms with van der Waals surface area (Å²) in [4.78, 5) is 28.3. The molecule has 0 unspecified atom stereocenters. The van der Waals surface area contributed by atoms with E-state index in [1.165, 1.54) is 6.07 Å². The third-order valence-corrected chi connectivity index (χ3v) is 5.22. The molecule has 0 radical (unpaired) electrons. The summed E-state index contributed by atoms with van der Waals surface area (Å²) >= 11 is 0. The van der Waals surface area contributed by atoms with Crippen LogP contribution in [0.2, 0.25) is 0 Å². The predicted octanol–water partition coefficient (Wildman–Crippen LogP) is 4.12. The molecule has 0 bridgehead atoms. The number of pyridine rings is 1. The first kappa shape index (κ1) is 20.7. The van der Waals surface area contributed by atoms with Crippen molar-refractivity contribution in [1.29, 1.82) is 0 Å². The number of carbonyl (C=O) groups excluding carboxylic acids is 1. The van der Waals surface area contributed by atoms with Crippen LogP contribution in [-0.4, -0.2) is 20.6 Å². The first-order valence-corrected chi connectivity index (χ1v) is 10.1. The molecule has 0 spiro atoms. The smallest absolute Gasteiger partial charge is 0.253 e. The molecule has 154 valence electrons. The van der Waals surface area contributed by atoms with Gasteiger partial charge in [-0.1, -0.05) is 13.3 Å². The van der Waals surface area contributed by atoms with Gasteiger partial charge < -0.3 is 20.0 Å². The SMILES string of the molecule is CCCc1cc(C)[nH]c(=O)c1CNC(=O)c1cc(O)cc2c1c(C)cn2C(C)C. The fraction of sp³-hybridized carbons (Fsp3) is 0.391. The van der Waals surface area contributed by atoms with Crippen LogP contribution in [0.15, 0.2) is 29.2 Å². The second-order valence-corrected chi connectivity index (χ2v) is 7.92. The van der Waals surface area contributed by atoms with Crippen molar-refractivity contribution < 1.29 is 9.90 Å². The van der Waals surface area contributed by atoms with Crippen LogP contribution in [0, 0.1) is 13.8 Å². The molecule has 0 fully saturated rings. The first-order valence-electron chi connectivity index (χ1n) is 10.1. The molecule has 0 saturated heterocycles. The Morgan fingerprint density at radius 2 is 1.97 bits per heavy atom. The van der Waals surface area contributed by atoms with Crippen LogP contribution in [0.3, 0.4) is 0 Å². The number of phenols is 1. The van der Waals surface area contributed by atoms with Crippen LogP contribution in [0.1, 0.15) is 66.0 Å². The monoisotopic (exact) mass is 395 g/mol. The highest BCUT2D eigenvalue weighted by molar-refractivity contribution is 6.08. The number of aromatic amines is 1. The van der Waals surface area contributed by atoms with Crippen LogP contribution >= 0.6 is 0 Å². The van der Waals surface area contributed by atoms with Crippen molar-refractivity contribution in [2.75, 3.05) is 0 Å². The molecular weight excluding hydrogens is 366 g/mol. The molecule has 0 aliphatic rings. The minimum absolute atomic E-state index is 0.0440. The van der Waals surface area contributed by atoms with E-state index in [4.69, 9.17) is 0 Å². The minimum Gasteiger partial charge on any atom is -0.508 e. The number of phenolic OH excluding ortho intramolecular Hbond substituents is 1. The topological polar surface area (TPSA) is 87.1 Å². The molecule has 1 amide bonds. The van der Waals surface area contributed by atoms with Gasteiger partial charge in [-0.15, -0.1) is 0 Å². The molecule has 0 saturated carbocycles. The standard InChI is InChI=1S/C23H29N3O3/c1-6-7-16-8-15(5)25-23(29)19(16)11-24-22(28)18-9-17(27)10-20-21(18)14(4)12-26(20)13(2)3/h8-10,12-13,27H,6-7,11H2,1-5H3,(H,24,28)(H,25,29). The Labute approximate surface area is 170 Å². The largest absolute Gasteiger partial charge is 0.508 e. The summed E-state index contributed by atoms with van der Waals surface area (Å²) in [6.07, 6.45) is 3.69. The van der Waals surface area contributed by atoms with Crippen molar-refractivity contribution in [3.8, 4) is 5.75 Å². The van der Waals surface area contributed by atoms with E-state index in [1.54, 1.807) is 6.07 Å². The van der Waals surface area contributed by atoms with Gasteiger partial charge in [0.15, 0.2) is 0 Å². The molecule has 2 heterocycles. The molecule has 0 atom stereocenters. The Bertz CT molecular complexity index is 1120. The van der Waals surface area contributed by atoms with Crippen LogP contribution in [0.5, 0.6) is 5.75 Å². The lowest BCUT2D eigenvalue weighted by Crippen LogP contribution is -2.28. The number of rotatable bonds is 6. The van der Waals surface area contributed by atoms with E-state index in [0.717, 1.165) is 40.6 Å². The van der Waals surface area contributed by atoms with Crippen LogP contribution < -0.4 is 10.9 Å². The van der Waals surface area contributed by atoms with Crippen molar-refractivity contribution in [2.24, 2.45) is 0 Å². The van der Waals surface area contributed by atoms with Gasteiger partial charge in [0.25, 0.3) is 11.5 Å². The molecule has 3 N–H and O–H groups in total. The average molecular weight is 396 g/mol. The molecular formula is C23H29N3O3. The number of carbonyl (C=O) groups is 1. The van der Waals surface area contributed by atoms with E-state index in [0.29, 0.717) is 11.1 Å². The van der Waals surface area contributed by atoms with Gasteiger partial charge in [0.1, 0.15) is 5.75 Å². The number of amides is 1. The molecule has 29 heavy (non-hydrogen) atoms. The fourth-order valence-electron chi connectivity index (χ4n) is 3.91. The van der Waals surface area contributed by atoms with Gasteiger partial charge >= 0.3 is 0 Å². The minimum atomic E-state index is -0.307. The Morgan fingerprint density at radius 1 is 1.24 bits per heavy atom. The van der Waals surface area contributed by atoms with Crippen molar-refractivity contribution in [3.05, 3.63) is 62.7 Å². The van der Waals surface area contributed by atoms with Crippen molar-refractivity contribution >= 4 is 16.8 Å². The number of nitrogens with zero attached hydrogens (tertiary/aromatic N) is 1. The Balaban J connectivity index is 1.97. The molecule has 1 aromatic carbocycles. The van der Waals surface area contributed by atoms with Gasteiger partial charge in [-0.25, -0.2) is 0 Å². The number of aromatic nitrogens is 2. The lowest BCUT2D eigenvalue weighted by atomic mass is 10.0. The fourth-order valence-corrected chi connectivity index (χ4v) is 3.91. The molecule has 3 rings (SSSR count). The second kappa shape index (κ2) is 8.15. The number of hydrogen-bond acceptors (Lipinski definition) is 3. The molecule has 6 nitrogen and oxygen atoms in total. The zero-order valence-corrected chi connectivity index (χ0v) is 17.7. The maximum atomic E-state index is 13.0. The maximum Gasteiger partial charge on any atom is 0.253 e. The Kier molecular flexibility index (Phi) is 5.82. The summed E-state index contributed by atoms with van der Waals surface area (Å²) in [7, 11) is 0. The van der Waals surface area contributed by atoms with Crippen molar-refractivity contribution in [1.82, 2.24) is 14.9 Å². The molecule has 0 aliphatic carbocycles. The summed E-state index contributed by atoms with van der Waals surface area (Å²) in [6.45, 7) is 10.1. The van der Waals surface area contributed by atoms with Gasteiger partial charge in [0.2, 0.25) is 0 Å². The highest BCUT2D eigenvalue weighted by Crippen LogP contribution is 2.31. The van der Waals surface area contributed by atoms with E-state index < -0.39 is 0 Å². The number of aromatic hydroxyl groups is 1. The summed E-state index contributed by atoms with van der Waals surface area (Å²) in [5, 5.41) is 13.9. The maximum absolute atomic E-state index is 13.0. The molecule has 6 heteroatoms. The number of aryl methyl sites for hydroxylation is 3. The number of nitrogens with one attached hydrogen (secondary N) is 2. The summed E-state index contributed by atoms with van der Waals surface area (Å²) in [6, 6.07) is 5.34. The lowest BCUT2D eigenvalue weighted by Gasteiger charge is -2.13. The van der Waals surface area contributed by atoms with Crippen molar-refractivity contribution in [2.45, 2.75) is 60.0 Å². The molecule has 3 aromatic rings. The number of benzene rings is 1. The Hall–Kier alpha value is -3.02. The third-order valence-electron chi connectivity index (χ3n) is 5.22. The quantitative estimate of drug-likeness (QED) is 0.587. The van der Waals surface area contributed by atoms with E-state index >= 15 is 0 Å². The number of hydrogen-bond donors (Lipinski definition) is 3. The predicted molar refractivity (Wildman–Crippen MR) is 116 cm³/mol. The van der Waals surface area contributed by atoms with E-state index in [9.17, 15) is 14.7 Å². The van der Waals surface area contributed by atoms with Gasteiger partial charge in [0.05, 0.1) is 11.1 Å². The zero-order valence-electron chi connectivity index (χ0n) is 17.7. The van der Waals surface area contributed by atoms with Crippen LogP contribution in [0.4, 0.5) is 0 Å². The summed E-state index contributed by atoms with van der Waals surface area (Å²) < 4.78 is 2.05. The highest BCUT2D eigenvalue weighted by atomic mass is 16.3. The van der Waals surface area contributed by atoms with Crippen LogP contribution in [-0.2, 0) is 13.0 Å². The van der Waals surface area contributed by atoms with E-state index in [-0.39, 0.29) is 29.8 Å². The van der Waals surface area contributed by atoms with Crippen LogP contribution in [0.25, 0.3) is 10.9 Å². The number of H-pyrrole nitrogens is 1. The van der Waals surface area contributed by atoms with Gasteiger partial charge in [-0.05, 0) is 57.4 Å². The van der Waals surface area contributed by atoms with E-state index in [2.05, 4.69) is 31.1 Å². The number of fused-ring (bicyclic) bond motifs is 1. The lowest BCUT2D eigenvalue weighted by molar-refractivity contribution is 0.0952. The van der Waals surface area contributed by atoms with Gasteiger partial charge in [0, 0.05) is 41.5 Å². The van der Waals surface area contributed by atoms with Gasteiger partial charge in [-0.2, -0.15) is 0 Å². The van der Waals surface area contributed by atoms with Gasteiger partial charge in [-0.3, -0.25) is 9.59 Å². The Morgan fingerprint density at radius 3 is 2.62 bits per heavy atom. The normalized spacial score (nSPS) is 11.4.